The fraction of sp³-hybridized carbons (Fsp3) is 0.333. The molecule has 1 rings (SSSR count). The van der Waals surface area contributed by atoms with E-state index in [9.17, 15) is 19.7 Å². The molecule has 0 fully saturated rings. The van der Waals surface area contributed by atoms with E-state index in [1.807, 2.05) is 0 Å². The normalized spacial score (nSPS) is 11.9. The van der Waals surface area contributed by atoms with E-state index >= 15 is 0 Å². The van der Waals surface area contributed by atoms with E-state index in [1.165, 1.54) is 30.3 Å². The van der Waals surface area contributed by atoms with Crippen molar-refractivity contribution in [2.45, 2.75) is 27.7 Å². The quantitative estimate of drug-likeness (QED) is 0.524. The number of allylic oxidation sites excluding steroid dienone is 2. The molecule has 1 aromatic rings. The maximum absolute atomic E-state index is 12.0. The predicted molar refractivity (Wildman–Crippen MR) is 78.8 cm³/mol. The molecule has 1 aromatic carbocycles. The van der Waals surface area contributed by atoms with Gasteiger partial charge in [-0.1, -0.05) is 26.8 Å². The van der Waals surface area contributed by atoms with Gasteiger partial charge < -0.3 is 5.32 Å². The number of nitrogens with one attached hydrogen (secondary N) is 1. The smallest absolute Gasteiger partial charge is 0.270 e. The number of rotatable bonds is 4. The van der Waals surface area contributed by atoms with E-state index in [-0.39, 0.29) is 17.0 Å². The first-order chi connectivity index (χ1) is 9.61. The average Bonchev–Trinajstić information content (AvgIpc) is 2.37. The second-order valence-electron chi connectivity index (χ2n) is 5.70. The minimum atomic E-state index is -0.567. The van der Waals surface area contributed by atoms with Crippen LogP contribution in [-0.2, 0) is 4.79 Å². The van der Waals surface area contributed by atoms with Crippen LogP contribution in [0.2, 0.25) is 0 Å². The number of carbonyl (C=O) groups is 2. The van der Waals surface area contributed by atoms with Crippen LogP contribution in [0.5, 0.6) is 0 Å². The lowest BCUT2D eigenvalue weighted by atomic mass is 9.90. The van der Waals surface area contributed by atoms with Crippen molar-refractivity contribution in [3.8, 4) is 0 Å². The Morgan fingerprint density at radius 1 is 1.29 bits per heavy atom. The zero-order valence-corrected chi connectivity index (χ0v) is 12.5. The molecule has 0 aliphatic heterocycles. The molecule has 0 radical (unpaired) electrons. The van der Waals surface area contributed by atoms with Gasteiger partial charge in [0.15, 0.2) is 5.78 Å². The number of ketones is 1. The highest BCUT2D eigenvalue weighted by atomic mass is 16.6. The van der Waals surface area contributed by atoms with Crippen LogP contribution in [0.1, 0.15) is 38.1 Å². The third kappa shape index (κ3) is 4.83. The second-order valence-corrected chi connectivity index (χ2v) is 5.70. The van der Waals surface area contributed by atoms with E-state index in [1.54, 1.807) is 27.7 Å². The molecule has 1 N–H and O–H groups in total. The number of nitrogens with zero attached hydrogens (tertiary/aromatic N) is 1. The van der Waals surface area contributed by atoms with Gasteiger partial charge in [0.05, 0.1) is 4.92 Å². The highest BCUT2D eigenvalue weighted by Gasteiger charge is 2.19. The Morgan fingerprint density at radius 2 is 1.90 bits per heavy atom. The van der Waals surface area contributed by atoms with E-state index < -0.39 is 16.2 Å². The summed E-state index contributed by atoms with van der Waals surface area (Å²) in [5, 5.41) is 13.2. The third-order valence-electron chi connectivity index (χ3n) is 2.72. The zero-order valence-electron chi connectivity index (χ0n) is 12.5. The Hall–Kier alpha value is -2.50. The molecule has 0 spiro atoms. The molecule has 0 saturated heterocycles. The molecule has 0 heterocycles. The molecule has 6 heteroatoms. The Balaban J connectivity index is 2.86. The Labute approximate surface area is 123 Å². The van der Waals surface area contributed by atoms with E-state index in [0.29, 0.717) is 5.70 Å². The van der Waals surface area contributed by atoms with Crippen molar-refractivity contribution in [2.24, 2.45) is 5.41 Å². The number of nitro benzene ring substituents is 1. The van der Waals surface area contributed by atoms with Gasteiger partial charge in [-0.2, -0.15) is 0 Å². The fourth-order valence-electron chi connectivity index (χ4n) is 1.46. The Kier molecular flexibility index (Phi) is 4.97. The highest BCUT2D eigenvalue weighted by Crippen LogP contribution is 2.16. The number of nitro groups is 1. The lowest BCUT2D eigenvalue weighted by molar-refractivity contribution is -0.384. The van der Waals surface area contributed by atoms with Gasteiger partial charge in [0.25, 0.3) is 11.6 Å². The van der Waals surface area contributed by atoms with Gasteiger partial charge in [-0.3, -0.25) is 19.7 Å². The summed E-state index contributed by atoms with van der Waals surface area (Å²) in [7, 11) is 0. The van der Waals surface area contributed by atoms with Crippen molar-refractivity contribution >= 4 is 17.4 Å². The van der Waals surface area contributed by atoms with Crippen LogP contribution >= 0.6 is 0 Å². The standard InChI is InChI=1S/C15H18N2O4/c1-10(8-13(18)15(2,3)4)16-14(19)11-6-5-7-12(9-11)17(20)21/h5-9H,1-4H3,(H,16,19)/b10-8+. The number of hydrogen-bond acceptors (Lipinski definition) is 4. The lowest BCUT2D eigenvalue weighted by Gasteiger charge is -2.14. The van der Waals surface area contributed by atoms with Gasteiger partial charge in [0, 0.05) is 34.9 Å². The van der Waals surface area contributed by atoms with Gasteiger partial charge >= 0.3 is 0 Å². The monoisotopic (exact) mass is 290 g/mol. The van der Waals surface area contributed by atoms with Crippen molar-refractivity contribution in [1.82, 2.24) is 5.32 Å². The number of amides is 1. The first-order valence-corrected chi connectivity index (χ1v) is 6.40. The van der Waals surface area contributed by atoms with Gasteiger partial charge in [-0.25, -0.2) is 0 Å². The van der Waals surface area contributed by atoms with Crippen LogP contribution < -0.4 is 5.32 Å². The molecule has 1 amide bonds. The molecule has 0 saturated carbocycles. The first-order valence-electron chi connectivity index (χ1n) is 6.40. The van der Waals surface area contributed by atoms with E-state index in [4.69, 9.17) is 0 Å². The van der Waals surface area contributed by atoms with Gasteiger partial charge in [0.1, 0.15) is 0 Å². The summed E-state index contributed by atoms with van der Waals surface area (Å²) in [5.41, 5.74) is -0.126. The maximum Gasteiger partial charge on any atom is 0.270 e. The summed E-state index contributed by atoms with van der Waals surface area (Å²) in [6.07, 6.45) is 1.36. The fourth-order valence-corrected chi connectivity index (χ4v) is 1.46. The van der Waals surface area contributed by atoms with Crippen LogP contribution in [0.25, 0.3) is 0 Å². The number of benzene rings is 1. The topological polar surface area (TPSA) is 89.3 Å². The van der Waals surface area contributed by atoms with Crippen LogP contribution in [0, 0.1) is 15.5 Å². The number of non-ortho nitro benzene ring substituents is 1. The molecule has 6 nitrogen and oxygen atoms in total. The summed E-state index contributed by atoms with van der Waals surface area (Å²) < 4.78 is 0. The van der Waals surface area contributed by atoms with Crippen molar-refractivity contribution < 1.29 is 14.5 Å². The van der Waals surface area contributed by atoms with Crippen LogP contribution in [0.3, 0.4) is 0 Å². The van der Waals surface area contributed by atoms with Gasteiger partial charge in [-0.05, 0) is 13.0 Å². The van der Waals surface area contributed by atoms with Gasteiger partial charge in [0.2, 0.25) is 0 Å². The van der Waals surface area contributed by atoms with E-state index in [0.717, 1.165) is 0 Å². The lowest BCUT2D eigenvalue weighted by Crippen LogP contribution is -2.24. The minimum Gasteiger partial charge on any atom is -0.326 e. The molecular weight excluding hydrogens is 272 g/mol. The van der Waals surface area contributed by atoms with E-state index in [2.05, 4.69) is 5.32 Å². The largest absolute Gasteiger partial charge is 0.326 e. The summed E-state index contributed by atoms with van der Waals surface area (Å²) in [4.78, 5) is 33.9. The zero-order chi connectivity index (χ0) is 16.2. The molecule has 21 heavy (non-hydrogen) atoms. The summed E-state index contributed by atoms with van der Waals surface area (Å²) in [6.45, 7) is 6.93. The second kappa shape index (κ2) is 6.30. The molecule has 0 aromatic heterocycles. The third-order valence-corrected chi connectivity index (χ3v) is 2.72. The van der Waals surface area contributed by atoms with Crippen molar-refractivity contribution in [3.63, 3.8) is 0 Å². The molecular formula is C15H18N2O4. The SMILES string of the molecule is C/C(=C\C(=O)C(C)(C)C)NC(=O)c1cccc([N+](=O)[O-])c1. The molecule has 0 aliphatic rings. The summed E-state index contributed by atoms with van der Waals surface area (Å²) >= 11 is 0. The van der Waals surface area contributed by atoms with Crippen molar-refractivity contribution in [2.75, 3.05) is 0 Å². The van der Waals surface area contributed by atoms with Crippen LogP contribution in [0.15, 0.2) is 36.0 Å². The Bertz CT molecular complexity index is 612. The molecule has 0 bridgehead atoms. The number of carbonyl (C=O) groups excluding carboxylic acids is 2. The number of hydrogen-bond donors (Lipinski definition) is 1. The summed E-state index contributed by atoms with van der Waals surface area (Å²) in [6, 6.07) is 5.41. The van der Waals surface area contributed by atoms with Crippen molar-refractivity contribution in [3.05, 3.63) is 51.7 Å². The Morgan fingerprint density at radius 3 is 2.43 bits per heavy atom. The highest BCUT2D eigenvalue weighted by molar-refractivity contribution is 5.98. The molecule has 112 valence electrons. The predicted octanol–water partition coefficient (Wildman–Crippen LogP) is 2.84. The molecule has 0 unspecified atom stereocenters. The minimum absolute atomic E-state index is 0.112. The van der Waals surface area contributed by atoms with Crippen LogP contribution in [0.4, 0.5) is 5.69 Å². The van der Waals surface area contributed by atoms with Gasteiger partial charge in [-0.15, -0.1) is 0 Å². The maximum atomic E-state index is 12.0. The first kappa shape index (κ1) is 16.6. The molecule has 0 aliphatic carbocycles. The van der Waals surface area contributed by atoms with Crippen LogP contribution in [-0.4, -0.2) is 16.6 Å². The van der Waals surface area contributed by atoms with Crippen molar-refractivity contribution in [1.29, 1.82) is 0 Å². The average molecular weight is 290 g/mol. The summed E-state index contributed by atoms with van der Waals surface area (Å²) in [5.74, 6) is -0.603. The molecule has 0 atom stereocenters.